The van der Waals surface area contributed by atoms with E-state index in [-0.39, 0.29) is 26.2 Å². The number of hydrogen-bond acceptors (Lipinski definition) is 4. The maximum Gasteiger partial charge on any atom is 0.296 e. The van der Waals surface area contributed by atoms with E-state index in [0.29, 0.717) is 20.1 Å². The molecule has 0 bridgehead atoms. The van der Waals surface area contributed by atoms with Gasteiger partial charge >= 0.3 is 0 Å². The van der Waals surface area contributed by atoms with E-state index in [2.05, 4.69) is 31.9 Å². The van der Waals surface area contributed by atoms with Crippen LogP contribution in [0, 0.1) is 22.7 Å². The van der Waals surface area contributed by atoms with Crippen LogP contribution in [0.4, 0.5) is 0 Å². The molecule has 0 saturated heterocycles. The van der Waals surface area contributed by atoms with E-state index < -0.39 is 15.0 Å². The van der Waals surface area contributed by atoms with Crippen LogP contribution in [0.25, 0.3) is 17.2 Å². The van der Waals surface area contributed by atoms with E-state index in [0.717, 1.165) is 6.07 Å². The van der Waals surface area contributed by atoms with Crippen molar-refractivity contribution in [3.8, 4) is 23.3 Å². The topological polar surface area (TPSA) is 102 Å². The highest BCUT2D eigenvalue weighted by Crippen LogP contribution is 2.48. The Kier molecular flexibility index (Phi) is 6.99. The first-order chi connectivity index (χ1) is 12.5. The lowest BCUT2D eigenvalue weighted by Crippen LogP contribution is -2.01. The molecule has 138 valence electrons. The minimum absolute atomic E-state index is 0.0199. The molecule has 0 aliphatic heterocycles. The van der Waals surface area contributed by atoms with Gasteiger partial charge in [-0.2, -0.15) is 18.9 Å². The Hall–Kier alpha value is -1.10. The normalized spacial score (nSPS) is 10.8. The largest absolute Gasteiger partial charge is 0.296 e. The first kappa shape index (κ1) is 22.2. The molecule has 2 rings (SSSR count). The lowest BCUT2D eigenvalue weighted by atomic mass is 10.0. The molecule has 0 atom stereocenters. The van der Waals surface area contributed by atoms with Crippen LogP contribution in [0.3, 0.4) is 0 Å². The zero-order chi connectivity index (χ0) is 20.5. The van der Waals surface area contributed by atoms with Crippen molar-refractivity contribution in [2.45, 2.75) is 4.90 Å². The summed E-state index contributed by atoms with van der Waals surface area (Å²) in [5.41, 5.74) is 0.854. The summed E-state index contributed by atoms with van der Waals surface area (Å²) in [6.07, 6.45) is 1.37. The fourth-order valence-corrected chi connectivity index (χ4v) is 5.47. The predicted octanol–water partition coefficient (Wildman–Crippen LogP) is 6.52. The van der Waals surface area contributed by atoms with Gasteiger partial charge in [0.05, 0.1) is 15.1 Å². The maximum atomic E-state index is 11.6. The predicted molar refractivity (Wildman–Crippen MR) is 111 cm³/mol. The van der Waals surface area contributed by atoms with E-state index in [1.807, 2.05) is 0 Å². The van der Waals surface area contributed by atoms with Gasteiger partial charge in [-0.3, -0.25) is 4.55 Å². The van der Waals surface area contributed by atoms with E-state index in [1.165, 1.54) is 6.08 Å². The van der Waals surface area contributed by atoms with Gasteiger partial charge in [0, 0.05) is 20.1 Å². The fourth-order valence-electron chi connectivity index (χ4n) is 2.16. The third-order valence-corrected chi connectivity index (χ3v) is 6.69. The third kappa shape index (κ3) is 4.67. The Balaban J connectivity index is 2.85. The van der Waals surface area contributed by atoms with Gasteiger partial charge < -0.3 is 0 Å². The van der Waals surface area contributed by atoms with Crippen LogP contribution in [-0.2, 0) is 10.1 Å². The van der Waals surface area contributed by atoms with Crippen LogP contribution in [0.2, 0.25) is 15.1 Å². The average Bonchev–Trinajstić information content (AvgIpc) is 2.57. The van der Waals surface area contributed by atoms with Gasteiger partial charge in [0.2, 0.25) is 0 Å². The van der Waals surface area contributed by atoms with Gasteiger partial charge in [-0.25, -0.2) is 0 Å². The van der Waals surface area contributed by atoms with Crippen LogP contribution in [-0.4, -0.2) is 13.0 Å². The van der Waals surface area contributed by atoms with Crippen molar-refractivity contribution in [2.75, 3.05) is 0 Å². The van der Waals surface area contributed by atoms with E-state index in [1.54, 1.807) is 24.3 Å². The second-order valence-electron chi connectivity index (χ2n) is 4.98. The quantitative estimate of drug-likeness (QED) is 0.257. The molecule has 11 heteroatoms. The summed E-state index contributed by atoms with van der Waals surface area (Å²) in [5, 5.41) is 17.3. The summed E-state index contributed by atoms with van der Waals surface area (Å²) in [6, 6.07) is 7.61. The first-order valence-corrected chi connectivity index (χ1v) is 10.8. The molecule has 0 aliphatic rings. The molecule has 27 heavy (non-hydrogen) atoms. The summed E-state index contributed by atoms with van der Waals surface area (Å²) in [7, 11) is -4.65. The standard InChI is InChI=1S/C16H5Br2Cl3N2O3S/c17-9-2-7(1-8(5-22)6-23)3-10(18)13(9)14-15(20)11(19)4-12(16(14)21)27(24,25)26/h1-4H,(H,24,25,26). The van der Waals surface area contributed by atoms with Crippen LogP contribution < -0.4 is 0 Å². The van der Waals surface area contributed by atoms with Gasteiger partial charge in [-0.15, -0.1) is 0 Å². The summed E-state index contributed by atoms with van der Waals surface area (Å²) >= 11 is 25.1. The SMILES string of the molecule is N#CC(C#N)=Cc1cc(Br)c(-c2c(Cl)c(Cl)cc(S(=O)(=O)O)c2Cl)c(Br)c1. The number of hydrogen-bond donors (Lipinski definition) is 1. The number of nitriles is 2. The van der Waals surface area contributed by atoms with Crippen molar-refractivity contribution in [1.29, 1.82) is 10.5 Å². The van der Waals surface area contributed by atoms with Gasteiger partial charge in [0.1, 0.15) is 22.6 Å². The lowest BCUT2D eigenvalue weighted by Gasteiger charge is -2.16. The lowest BCUT2D eigenvalue weighted by molar-refractivity contribution is 0.483. The number of allylic oxidation sites excluding steroid dienone is 1. The Bertz CT molecular complexity index is 1140. The molecule has 0 spiro atoms. The number of halogens is 5. The minimum atomic E-state index is -4.65. The third-order valence-electron chi connectivity index (χ3n) is 3.27. The van der Waals surface area contributed by atoms with Gasteiger partial charge in [-0.05, 0) is 29.8 Å². The molecule has 0 aliphatic carbocycles. The molecule has 2 aromatic rings. The average molecular weight is 571 g/mol. The van der Waals surface area contributed by atoms with Crippen molar-refractivity contribution in [3.05, 3.63) is 53.3 Å². The monoisotopic (exact) mass is 568 g/mol. The van der Waals surface area contributed by atoms with Crippen molar-refractivity contribution in [3.63, 3.8) is 0 Å². The van der Waals surface area contributed by atoms with E-state index in [9.17, 15) is 13.0 Å². The molecule has 5 nitrogen and oxygen atoms in total. The molecule has 0 unspecified atom stereocenters. The molecule has 0 heterocycles. The maximum absolute atomic E-state index is 11.6. The number of benzene rings is 2. The molecular formula is C16H5Br2Cl3N2O3S. The number of nitrogens with zero attached hydrogens (tertiary/aromatic N) is 2. The smallest absolute Gasteiger partial charge is 0.282 e. The van der Waals surface area contributed by atoms with Crippen LogP contribution in [0.15, 0.2) is 37.6 Å². The molecule has 0 amide bonds. The summed E-state index contributed by atoms with van der Waals surface area (Å²) < 4.78 is 33.4. The van der Waals surface area contributed by atoms with Crippen LogP contribution >= 0.6 is 66.7 Å². The molecule has 0 fully saturated rings. The molecule has 0 radical (unpaired) electrons. The molecule has 2 aromatic carbocycles. The Morgan fingerprint density at radius 3 is 1.96 bits per heavy atom. The molecule has 0 saturated carbocycles. The number of rotatable bonds is 3. The highest BCUT2D eigenvalue weighted by atomic mass is 79.9. The van der Waals surface area contributed by atoms with Gasteiger partial charge in [0.15, 0.2) is 0 Å². The second-order valence-corrected chi connectivity index (χ2v) is 9.24. The van der Waals surface area contributed by atoms with Crippen molar-refractivity contribution in [1.82, 2.24) is 0 Å². The van der Waals surface area contributed by atoms with Crippen molar-refractivity contribution >= 4 is 82.9 Å². The van der Waals surface area contributed by atoms with Gasteiger partial charge in [0.25, 0.3) is 10.1 Å². The fraction of sp³-hybridized carbons (Fsp3) is 0. The molecular weight excluding hydrogens is 566 g/mol. The Morgan fingerprint density at radius 2 is 1.52 bits per heavy atom. The Labute approximate surface area is 186 Å². The minimum Gasteiger partial charge on any atom is -0.282 e. The van der Waals surface area contributed by atoms with Crippen molar-refractivity contribution in [2.24, 2.45) is 0 Å². The van der Waals surface area contributed by atoms with Crippen LogP contribution in [0.1, 0.15) is 5.56 Å². The summed E-state index contributed by atoms with van der Waals surface area (Å²) in [6.45, 7) is 0. The van der Waals surface area contributed by atoms with E-state index >= 15 is 0 Å². The highest BCUT2D eigenvalue weighted by molar-refractivity contribution is 9.11. The summed E-state index contributed by atoms with van der Waals surface area (Å²) in [4.78, 5) is -0.590. The zero-order valence-corrected chi connectivity index (χ0v) is 19.0. The Morgan fingerprint density at radius 1 is 1.00 bits per heavy atom. The first-order valence-electron chi connectivity index (χ1n) is 6.67. The molecule has 0 aromatic heterocycles. The highest BCUT2D eigenvalue weighted by Gasteiger charge is 2.25. The van der Waals surface area contributed by atoms with Crippen LogP contribution in [0.5, 0.6) is 0 Å². The second kappa shape index (κ2) is 8.50. The van der Waals surface area contributed by atoms with Crippen molar-refractivity contribution < 1.29 is 13.0 Å². The molecule has 1 N–H and O–H groups in total. The van der Waals surface area contributed by atoms with Gasteiger partial charge in [-0.1, -0.05) is 66.7 Å². The van der Waals surface area contributed by atoms with E-state index in [4.69, 9.17) is 45.3 Å². The zero-order valence-electron chi connectivity index (χ0n) is 12.8. The summed E-state index contributed by atoms with van der Waals surface area (Å²) in [5.74, 6) is 0.